The highest BCUT2D eigenvalue weighted by Crippen LogP contribution is 2.49. The molecule has 2 unspecified atom stereocenters. The lowest BCUT2D eigenvalue weighted by Crippen LogP contribution is -2.46. The fourth-order valence-corrected chi connectivity index (χ4v) is 7.69. The van der Waals surface area contributed by atoms with Gasteiger partial charge in [-0.2, -0.15) is 0 Å². The van der Waals surface area contributed by atoms with Gasteiger partial charge < -0.3 is 19.3 Å². The van der Waals surface area contributed by atoms with E-state index in [2.05, 4.69) is 34.6 Å². The Hall–Kier alpha value is -2.73. The number of carbonyl (C=O) groups excluding carboxylic acids is 1. The van der Waals surface area contributed by atoms with Crippen molar-refractivity contribution in [1.29, 1.82) is 0 Å². The summed E-state index contributed by atoms with van der Waals surface area (Å²) in [6.45, 7) is 11.7. The molecule has 0 spiro atoms. The molecule has 4 rings (SSSR count). The summed E-state index contributed by atoms with van der Waals surface area (Å²) in [5.74, 6) is 1.88. The lowest BCUT2D eigenvalue weighted by molar-refractivity contribution is -0.140. The average molecular weight is 683 g/mol. The number of unbranched alkanes of at least 4 members (excludes halogenated alkanes) is 2. The summed E-state index contributed by atoms with van der Waals surface area (Å²) >= 11 is 5.94. The van der Waals surface area contributed by atoms with Crippen molar-refractivity contribution >= 4 is 23.5 Å². The molecule has 1 aliphatic carbocycles. The smallest absolute Gasteiger partial charge is 0.321 e. The number of carbonyl (C=O) groups is 2. The summed E-state index contributed by atoms with van der Waals surface area (Å²) < 4.78 is 20.1. The third kappa shape index (κ3) is 9.49. The molecule has 266 valence electrons. The van der Waals surface area contributed by atoms with Crippen molar-refractivity contribution in [3.05, 3.63) is 52.1 Å². The van der Waals surface area contributed by atoms with Gasteiger partial charge in [-0.1, -0.05) is 85.3 Å². The topological polar surface area (TPSA) is 82.1 Å². The Morgan fingerprint density at radius 3 is 2.21 bits per heavy atom. The number of halogens is 1. The highest BCUT2D eigenvalue weighted by molar-refractivity contribution is 6.29. The van der Waals surface area contributed by atoms with Gasteiger partial charge in [-0.05, 0) is 87.8 Å². The number of alkyl halides is 1. The van der Waals surface area contributed by atoms with Crippen LogP contribution in [0.4, 0.5) is 0 Å². The molecule has 7 heteroatoms. The average Bonchev–Trinajstić information content (AvgIpc) is 3.08. The van der Waals surface area contributed by atoms with E-state index in [0.29, 0.717) is 6.61 Å². The van der Waals surface area contributed by atoms with Crippen molar-refractivity contribution in [2.75, 3.05) is 6.61 Å². The van der Waals surface area contributed by atoms with Crippen molar-refractivity contribution in [2.45, 2.75) is 155 Å². The number of carboxylic acid groups (broad SMARTS) is 1. The lowest BCUT2D eigenvalue weighted by atomic mass is 9.77. The van der Waals surface area contributed by atoms with E-state index in [1.54, 1.807) is 0 Å². The summed E-state index contributed by atoms with van der Waals surface area (Å²) in [5, 5.41) is 8.18. The first kappa shape index (κ1) is 38.1. The van der Waals surface area contributed by atoms with Crippen LogP contribution in [0.15, 0.2) is 24.3 Å². The molecule has 1 aliphatic heterocycles. The zero-order valence-corrected chi connectivity index (χ0v) is 30.9. The minimum Gasteiger partial charge on any atom is -0.493 e. The minimum atomic E-state index is -1.02. The van der Waals surface area contributed by atoms with Gasteiger partial charge in [-0.3, -0.25) is 9.59 Å². The zero-order chi connectivity index (χ0) is 34.7. The number of ether oxygens (including phenoxy) is 3. The van der Waals surface area contributed by atoms with Crippen LogP contribution in [-0.2, 0) is 41.7 Å². The summed E-state index contributed by atoms with van der Waals surface area (Å²) in [6, 6.07) is 7.53. The van der Waals surface area contributed by atoms with Crippen LogP contribution in [0.5, 0.6) is 17.2 Å². The maximum Gasteiger partial charge on any atom is 0.321 e. The maximum atomic E-state index is 13.7. The third-order valence-electron chi connectivity index (χ3n) is 10.6. The molecule has 2 aromatic carbocycles. The number of esters is 1. The Labute approximate surface area is 294 Å². The number of hydrogen-bond acceptors (Lipinski definition) is 5. The molecule has 0 saturated heterocycles. The van der Waals surface area contributed by atoms with Gasteiger partial charge >= 0.3 is 11.9 Å². The van der Waals surface area contributed by atoms with E-state index in [1.165, 1.54) is 28.7 Å². The van der Waals surface area contributed by atoms with Gasteiger partial charge in [0, 0.05) is 28.7 Å². The van der Waals surface area contributed by atoms with E-state index in [9.17, 15) is 9.59 Å². The largest absolute Gasteiger partial charge is 0.493 e. The molecule has 2 aliphatic rings. The van der Waals surface area contributed by atoms with Gasteiger partial charge in [0.15, 0.2) is 0 Å². The number of rotatable bonds is 18. The van der Waals surface area contributed by atoms with Crippen LogP contribution in [0.1, 0.15) is 139 Å². The van der Waals surface area contributed by atoms with Crippen LogP contribution in [-0.4, -0.2) is 34.6 Å². The Morgan fingerprint density at radius 2 is 1.60 bits per heavy atom. The molecule has 1 saturated carbocycles. The van der Waals surface area contributed by atoms with Crippen molar-refractivity contribution in [3.8, 4) is 17.2 Å². The molecule has 0 amide bonds. The molecule has 1 heterocycles. The standard InChI is InChI=1S/C41H59ClO6/c1-6-9-17-33-32(14-8-3)38-35(34(18-10-7-2)37(33)47-40(45)30-15-12-11-13-16-30)23-24-41(48-38,28(4)5)25-26-46-31-21-19-29(20-22-31)27-36(42)39(43)44/h19-22,28,30,36H,6-18,23-27H2,1-5H3,(H,43,44). The first-order valence-corrected chi connectivity index (χ1v) is 19.3. The Balaban J connectivity index is 1.65. The van der Waals surface area contributed by atoms with Crippen LogP contribution in [0.3, 0.4) is 0 Å². The second-order valence-corrected chi connectivity index (χ2v) is 14.9. The quantitative estimate of drug-likeness (QED) is 0.0957. The van der Waals surface area contributed by atoms with Gasteiger partial charge in [0.2, 0.25) is 0 Å². The predicted molar refractivity (Wildman–Crippen MR) is 194 cm³/mol. The van der Waals surface area contributed by atoms with Crippen molar-refractivity contribution in [1.82, 2.24) is 0 Å². The van der Waals surface area contributed by atoms with E-state index < -0.39 is 11.3 Å². The van der Waals surface area contributed by atoms with Gasteiger partial charge in [-0.15, -0.1) is 11.6 Å². The summed E-state index contributed by atoms with van der Waals surface area (Å²) in [5.41, 5.74) is 5.38. The monoisotopic (exact) mass is 682 g/mol. The van der Waals surface area contributed by atoms with Gasteiger partial charge in [0.25, 0.3) is 0 Å². The van der Waals surface area contributed by atoms with Crippen molar-refractivity contribution in [2.24, 2.45) is 11.8 Å². The third-order valence-corrected chi connectivity index (χ3v) is 10.9. The Bertz CT molecular complexity index is 1350. The summed E-state index contributed by atoms with van der Waals surface area (Å²) in [6.07, 6.45) is 16.0. The summed E-state index contributed by atoms with van der Waals surface area (Å²) in [7, 11) is 0. The molecule has 0 bridgehead atoms. The van der Waals surface area contributed by atoms with Crippen LogP contribution >= 0.6 is 11.6 Å². The Kier molecular flexibility index (Phi) is 14.5. The number of benzene rings is 2. The maximum absolute atomic E-state index is 13.7. The fraction of sp³-hybridized carbons (Fsp3) is 0.659. The number of aliphatic carboxylic acids is 1. The van der Waals surface area contributed by atoms with Gasteiger partial charge in [-0.25, -0.2) is 0 Å². The van der Waals surface area contributed by atoms with Crippen LogP contribution in [0.2, 0.25) is 0 Å². The van der Waals surface area contributed by atoms with E-state index in [-0.39, 0.29) is 29.8 Å². The molecule has 2 aromatic rings. The highest BCUT2D eigenvalue weighted by Gasteiger charge is 2.42. The van der Waals surface area contributed by atoms with E-state index in [0.717, 1.165) is 119 Å². The van der Waals surface area contributed by atoms with Crippen LogP contribution < -0.4 is 14.2 Å². The molecule has 0 aromatic heterocycles. The summed E-state index contributed by atoms with van der Waals surface area (Å²) in [4.78, 5) is 24.8. The fourth-order valence-electron chi connectivity index (χ4n) is 7.52. The highest BCUT2D eigenvalue weighted by atomic mass is 35.5. The van der Waals surface area contributed by atoms with Gasteiger partial charge in [0.05, 0.1) is 12.5 Å². The zero-order valence-electron chi connectivity index (χ0n) is 30.1. The number of fused-ring (bicyclic) bond motifs is 1. The number of carboxylic acids is 1. The van der Waals surface area contributed by atoms with E-state index in [1.807, 2.05) is 24.3 Å². The number of hydrogen-bond donors (Lipinski definition) is 1. The minimum absolute atomic E-state index is 0.00508. The second kappa shape index (κ2) is 18.3. The normalized spacial score (nSPS) is 18.6. The predicted octanol–water partition coefficient (Wildman–Crippen LogP) is 10.2. The van der Waals surface area contributed by atoms with Gasteiger partial charge in [0.1, 0.15) is 28.2 Å². The second-order valence-electron chi connectivity index (χ2n) is 14.4. The van der Waals surface area contributed by atoms with Crippen molar-refractivity contribution in [3.63, 3.8) is 0 Å². The molecular weight excluding hydrogens is 624 g/mol. The molecule has 0 radical (unpaired) electrons. The van der Waals surface area contributed by atoms with E-state index in [4.69, 9.17) is 30.9 Å². The molecule has 48 heavy (non-hydrogen) atoms. The van der Waals surface area contributed by atoms with E-state index >= 15 is 0 Å². The molecule has 2 atom stereocenters. The first-order valence-electron chi connectivity index (χ1n) is 18.8. The first-order chi connectivity index (χ1) is 23.1. The molecule has 1 fully saturated rings. The molecule has 1 N–H and O–H groups in total. The molecular formula is C41H59ClO6. The van der Waals surface area contributed by atoms with Crippen molar-refractivity contribution < 1.29 is 28.9 Å². The van der Waals surface area contributed by atoms with Crippen LogP contribution in [0.25, 0.3) is 0 Å². The SMILES string of the molecule is CCCCc1c(CCC)c2c(c(CCCC)c1OC(=O)C1CCCCC1)CCC(CCOc1ccc(CC(Cl)C(=O)O)cc1)(C(C)C)O2. The Morgan fingerprint density at radius 1 is 0.938 bits per heavy atom. The lowest BCUT2D eigenvalue weighted by Gasteiger charge is -2.44. The van der Waals surface area contributed by atoms with Crippen LogP contribution in [0, 0.1) is 11.8 Å². The molecule has 6 nitrogen and oxygen atoms in total.